The Kier molecular flexibility index (Phi) is 4.39. The van der Waals surface area contributed by atoms with Gasteiger partial charge >= 0.3 is 0 Å². The minimum atomic E-state index is -0.540. The number of rotatable bonds is 4. The molecule has 2 rings (SSSR count). The van der Waals surface area contributed by atoms with Crippen molar-refractivity contribution in [2.24, 2.45) is 0 Å². The van der Waals surface area contributed by atoms with Crippen LogP contribution < -0.4 is 10.5 Å². The third-order valence-corrected chi connectivity index (χ3v) is 3.16. The van der Waals surface area contributed by atoms with Crippen molar-refractivity contribution in [1.29, 1.82) is 0 Å². The Hall–Kier alpha value is -1.88. The first-order valence-corrected chi connectivity index (χ1v) is 6.83. The maximum atomic E-state index is 13.4. The van der Waals surface area contributed by atoms with Crippen molar-refractivity contribution >= 4 is 27.4 Å². The van der Waals surface area contributed by atoms with Crippen molar-refractivity contribution in [2.45, 2.75) is 6.92 Å². The van der Waals surface area contributed by atoms with Crippen LogP contribution in [0, 0.1) is 5.82 Å². The van der Waals surface area contributed by atoms with Crippen LogP contribution in [0.4, 0.5) is 10.1 Å². The molecule has 0 aliphatic carbocycles. The second-order valence-electron chi connectivity index (χ2n) is 4.18. The summed E-state index contributed by atoms with van der Waals surface area (Å²) in [5.74, 6) is -0.411. The topological polar surface area (TPSA) is 52.3 Å². The third-order valence-electron chi connectivity index (χ3n) is 2.67. The molecular weight excluding hydrogens is 325 g/mol. The summed E-state index contributed by atoms with van der Waals surface area (Å²) in [7, 11) is 0. The second kappa shape index (κ2) is 6.05. The van der Waals surface area contributed by atoms with Crippen molar-refractivity contribution in [1.82, 2.24) is 0 Å². The van der Waals surface area contributed by atoms with Crippen LogP contribution >= 0.6 is 15.9 Å². The number of ketones is 1. The van der Waals surface area contributed by atoms with Crippen LogP contribution in [0.1, 0.15) is 22.8 Å². The molecule has 2 aromatic rings. The molecule has 0 heterocycles. The molecule has 0 spiro atoms. The molecule has 5 heteroatoms. The van der Waals surface area contributed by atoms with Gasteiger partial charge in [0.2, 0.25) is 0 Å². The van der Waals surface area contributed by atoms with E-state index in [1.54, 1.807) is 18.2 Å². The molecule has 0 aliphatic heterocycles. The van der Waals surface area contributed by atoms with E-state index < -0.39 is 5.82 Å². The molecule has 2 aromatic carbocycles. The van der Waals surface area contributed by atoms with Crippen LogP contribution in [0.2, 0.25) is 0 Å². The number of nitrogens with two attached hydrogens (primary N) is 1. The summed E-state index contributed by atoms with van der Waals surface area (Å²) in [6.45, 7) is 2.27. The SMILES string of the molecule is CCOc1ccc(Br)cc1C(=O)c1cc(N)cc(F)c1. The average molecular weight is 338 g/mol. The highest BCUT2D eigenvalue weighted by atomic mass is 79.9. The van der Waals surface area contributed by atoms with E-state index in [1.165, 1.54) is 12.1 Å². The van der Waals surface area contributed by atoms with Gasteiger partial charge in [0.05, 0.1) is 12.2 Å². The molecule has 3 nitrogen and oxygen atoms in total. The number of hydrogen-bond acceptors (Lipinski definition) is 3. The zero-order valence-corrected chi connectivity index (χ0v) is 12.4. The predicted molar refractivity (Wildman–Crippen MR) is 79.6 cm³/mol. The zero-order chi connectivity index (χ0) is 14.7. The number of carbonyl (C=O) groups is 1. The molecule has 0 fully saturated rings. The highest BCUT2D eigenvalue weighted by Crippen LogP contribution is 2.26. The fraction of sp³-hybridized carbons (Fsp3) is 0.133. The number of carbonyl (C=O) groups excluding carboxylic acids is 1. The summed E-state index contributed by atoms with van der Waals surface area (Å²) in [6, 6.07) is 8.90. The Labute approximate surface area is 124 Å². The molecule has 0 amide bonds. The summed E-state index contributed by atoms with van der Waals surface area (Å²) >= 11 is 3.31. The van der Waals surface area contributed by atoms with Crippen LogP contribution in [-0.2, 0) is 0 Å². The van der Waals surface area contributed by atoms with Crippen molar-refractivity contribution < 1.29 is 13.9 Å². The Morgan fingerprint density at radius 3 is 2.70 bits per heavy atom. The van der Waals surface area contributed by atoms with Gasteiger partial charge in [-0.3, -0.25) is 4.79 Å². The van der Waals surface area contributed by atoms with Crippen LogP contribution in [0.5, 0.6) is 5.75 Å². The Balaban J connectivity index is 2.49. The highest BCUT2D eigenvalue weighted by molar-refractivity contribution is 9.10. The normalized spacial score (nSPS) is 10.3. The minimum Gasteiger partial charge on any atom is -0.493 e. The Bertz CT molecular complexity index is 638. The van der Waals surface area contributed by atoms with Gasteiger partial charge in [0.1, 0.15) is 11.6 Å². The standard InChI is InChI=1S/C15H13BrFNO2/c1-2-20-14-4-3-10(16)7-13(14)15(19)9-5-11(17)8-12(18)6-9/h3-8H,2,18H2,1H3. The van der Waals surface area contributed by atoms with E-state index in [1.807, 2.05) is 6.92 Å². The van der Waals surface area contributed by atoms with Crippen molar-refractivity contribution in [2.75, 3.05) is 12.3 Å². The lowest BCUT2D eigenvalue weighted by Gasteiger charge is -2.10. The summed E-state index contributed by atoms with van der Waals surface area (Å²) in [4.78, 5) is 12.5. The summed E-state index contributed by atoms with van der Waals surface area (Å²) < 4.78 is 19.5. The first-order valence-electron chi connectivity index (χ1n) is 6.04. The molecule has 0 atom stereocenters. The monoisotopic (exact) mass is 337 g/mol. The van der Waals surface area contributed by atoms with Crippen LogP contribution in [0.15, 0.2) is 40.9 Å². The number of nitrogen functional groups attached to an aromatic ring is 1. The number of anilines is 1. The van der Waals surface area contributed by atoms with Crippen LogP contribution in [0.25, 0.3) is 0 Å². The quantitative estimate of drug-likeness (QED) is 0.681. The maximum Gasteiger partial charge on any atom is 0.196 e. The largest absolute Gasteiger partial charge is 0.493 e. The first-order chi connectivity index (χ1) is 9.51. The molecule has 0 aliphatic rings. The summed E-state index contributed by atoms with van der Waals surface area (Å²) in [5, 5.41) is 0. The van der Waals surface area contributed by atoms with E-state index in [4.69, 9.17) is 10.5 Å². The molecule has 2 N–H and O–H groups in total. The molecule has 0 saturated heterocycles. The number of hydrogen-bond donors (Lipinski definition) is 1. The first kappa shape index (κ1) is 14.5. The van der Waals surface area contributed by atoms with Crippen molar-refractivity contribution in [3.8, 4) is 5.75 Å². The fourth-order valence-electron chi connectivity index (χ4n) is 1.86. The molecule has 0 radical (unpaired) electrons. The van der Waals surface area contributed by atoms with E-state index in [-0.39, 0.29) is 17.0 Å². The van der Waals surface area contributed by atoms with E-state index in [0.717, 1.165) is 10.5 Å². The number of halogens is 2. The van der Waals surface area contributed by atoms with Crippen LogP contribution in [0.3, 0.4) is 0 Å². The Morgan fingerprint density at radius 2 is 2.05 bits per heavy atom. The lowest BCUT2D eigenvalue weighted by Crippen LogP contribution is -2.06. The van der Waals surface area contributed by atoms with Gasteiger partial charge in [-0.05, 0) is 43.3 Å². The van der Waals surface area contributed by atoms with Gasteiger partial charge in [0.15, 0.2) is 5.78 Å². The van der Waals surface area contributed by atoms with E-state index in [2.05, 4.69) is 15.9 Å². The van der Waals surface area contributed by atoms with E-state index in [9.17, 15) is 9.18 Å². The van der Waals surface area contributed by atoms with Gasteiger partial charge in [-0.15, -0.1) is 0 Å². The van der Waals surface area contributed by atoms with Crippen molar-refractivity contribution in [3.63, 3.8) is 0 Å². The van der Waals surface area contributed by atoms with E-state index in [0.29, 0.717) is 17.9 Å². The number of benzene rings is 2. The zero-order valence-electron chi connectivity index (χ0n) is 10.8. The van der Waals surface area contributed by atoms with Gasteiger partial charge < -0.3 is 10.5 Å². The molecule has 0 unspecified atom stereocenters. The van der Waals surface area contributed by atoms with Gasteiger partial charge in [-0.1, -0.05) is 15.9 Å². The lowest BCUT2D eigenvalue weighted by molar-refractivity contribution is 0.103. The molecule has 104 valence electrons. The summed E-state index contributed by atoms with van der Waals surface area (Å²) in [5.41, 5.74) is 6.34. The lowest BCUT2D eigenvalue weighted by atomic mass is 10.0. The average Bonchev–Trinajstić information content (AvgIpc) is 2.39. The minimum absolute atomic E-state index is 0.196. The maximum absolute atomic E-state index is 13.4. The second-order valence-corrected chi connectivity index (χ2v) is 5.09. The van der Waals surface area contributed by atoms with Gasteiger partial charge in [-0.25, -0.2) is 4.39 Å². The molecule has 20 heavy (non-hydrogen) atoms. The van der Waals surface area contributed by atoms with Crippen LogP contribution in [-0.4, -0.2) is 12.4 Å². The predicted octanol–water partition coefficient (Wildman–Crippen LogP) is 3.80. The van der Waals surface area contributed by atoms with Gasteiger partial charge in [0.25, 0.3) is 0 Å². The smallest absolute Gasteiger partial charge is 0.196 e. The number of ether oxygens (including phenoxy) is 1. The molecule has 0 saturated carbocycles. The van der Waals surface area contributed by atoms with E-state index >= 15 is 0 Å². The third kappa shape index (κ3) is 3.17. The molecular formula is C15H13BrFNO2. The summed E-state index contributed by atoms with van der Waals surface area (Å²) in [6.07, 6.45) is 0. The highest BCUT2D eigenvalue weighted by Gasteiger charge is 2.16. The Morgan fingerprint density at radius 1 is 1.30 bits per heavy atom. The molecule has 0 aromatic heterocycles. The van der Waals surface area contributed by atoms with Gasteiger partial charge in [0, 0.05) is 15.7 Å². The van der Waals surface area contributed by atoms with Gasteiger partial charge in [-0.2, -0.15) is 0 Å². The van der Waals surface area contributed by atoms with Crippen molar-refractivity contribution in [3.05, 3.63) is 57.8 Å². The fourth-order valence-corrected chi connectivity index (χ4v) is 2.22. The molecule has 0 bridgehead atoms.